The summed E-state index contributed by atoms with van der Waals surface area (Å²) in [6.07, 6.45) is 8.91. The Labute approximate surface area is 112 Å². The van der Waals surface area contributed by atoms with Gasteiger partial charge < -0.3 is 11.1 Å². The summed E-state index contributed by atoms with van der Waals surface area (Å²) in [6.45, 7) is 6.03. The van der Waals surface area contributed by atoms with Crippen LogP contribution in [0.2, 0.25) is 0 Å². The predicted octanol–water partition coefficient (Wildman–Crippen LogP) is 2.84. The molecule has 1 atom stereocenters. The second-order valence-electron chi connectivity index (χ2n) is 5.92. The second kappa shape index (κ2) is 7.78. The molecule has 0 aromatic rings. The minimum absolute atomic E-state index is 0.229. The Hall–Kier alpha value is -0.570. The Morgan fingerprint density at radius 3 is 2.56 bits per heavy atom. The maximum atomic E-state index is 11.8. The molecule has 3 nitrogen and oxygen atoms in total. The van der Waals surface area contributed by atoms with E-state index < -0.39 is 0 Å². The summed E-state index contributed by atoms with van der Waals surface area (Å²) in [7, 11) is 0. The molecule has 3 N–H and O–H groups in total. The van der Waals surface area contributed by atoms with Gasteiger partial charge in [0.05, 0.1) is 0 Å². The molecule has 1 unspecified atom stereocenters. The van der Waals surface area contributed by atoms with Crippen molar-refractivity contribution in [2.75, 3.05) is 13.1 Å². The third-order valence-corrected chi connectivity index (χ3v) is 4.33. The van der Waals surface area contributed by atoms with Crippen LogP contribution >= 0.6 is 0 Å². The standard InChI is InChI=1S/C15H30N2O/c1-3-8-15(9-10-15)12-17-14(18)6-5-13(4-2)7-11-16/h13H,3-12,16H2,1-2H3,(H,17,18). The van der Waals surface area contributed by atoms with Crippen LogP contribution in [0, 0.1) is 11.3 Å². The van der Waals surface area contributed by atoms with E-state index in [1.807, 2.05) is 0 Å². The summed E-state index contributed by atoms with van der Waals surface area (Å²) < 4.78 is 0. The van der Waals surface area contributed by atoms with Crippen LogP contribution in [-0.2, 0) is 4.79 Å². The second-order valence-corrected chi connectivity index (χ2v) is 5.92. The smallest absolute Gasteiger partial charge is 0.220 e. The van der Waals surface area contributed by atoms with Crippen LogP contribution < -0.4 is 11.1 Å². The molecule has 106 valence electrons. The Bertz CT molecular complexity index is 249. The van der Waals surface area contributed by atoms with Crippen LogP contribution in [-0.4, -0.2) is 19.0 Å². The number of amides is 1. The van der Waals surface area contributed by atoms with Gasteiger partial charge in [0.1, 0.15) is 0 Å². The highest BCUT2D eigenvalue weighted by molar-refractivity contribution is 5.75. The van der Waals surface area contributed by atoms with Gasteiger partial charge >= 0.3 is 0 Å². The van der Waals surface area contributed by atoms with E-state index in [1.165, 1.54) is 25.7 Å². The van der Waals surface area contributed by atoms with Gasteiger partial charge in [0.25, 0.3) is 0 Å². The molecule has 0 bridgehead atoms. The van der Waals surface area contributed by atoms with Gasteiger partial charge in [-0.1, -0.05) is 26.7 Å². The van der Waals surface area contributed by atoms with Crippen LogP contribution in [0.15, 0.2) is 0 Å². The first kappa shape index (κ1) is 15.5. The van der Waals surface area contributed by atoms with E-state index in [-0.39, 0.29) is 5.91 Å². The van der Waals surface area contributed by atoms with Gasteiger partial charge in [0.2, 0.25) is 5.91 Å². The molecule has 0 aliphatic heterocycles. The first-order valence-electron chi connectivity index (χ1n) is 7.62. The van der Waals surface area contributed by atoms with E-state index in [2.05, 4.69) is 19.2 Å². The number of nitrogens with one attached hydrogen (secondary N) is 1. The summed E-state index contributed by atoms with van der Waals surface area (Å²) >= 11 is 0. The average molecular weight is 254 g/mol. The Balaban J connectivity index is 2.13. The van der Waals surface area contributed by atoms with Gasteiger partial charge in [-0.3, -0.25) is 4.79 Å². The highest BCUT2D eigenvalue weighted by Gasteiger charge is 2.41. The molecule has 0 spiro atoms. The number of hydrogen-bond donors (Lipinski definition) is 2. The molecule has 0 aromatic carbocycles. The van der Waals surface area contributed by atoms with E-state index >= 15 is 0 Å². The summed E-state index contributed by atoms with van der Waals surface area (Å²) in [4.78, 5) is 11.8. The van der Waals surface area contributed by atoms with E-state index in [4.69, 9.17) is 5.73 Å². The number of carbonyl (C=O) groups excluding carboxylic acids is 1. The third kappa shape index (κ3) is 5.38. The van der Waals surface area contributed by atoms with Crippen LogP contribution in [0.3, 0.4) is 0 Å². The van der Waals surface area contributed by atoms with Crippen LogP contribution in [0.4, 0.5) is 0 Å². The minimum atomic E-state index is 0.229. The number of carbonyl (C=O) groups is 1. The molecule has 1 rings (SSSR count). The maximum Gasteiger partial charge on any atom is 0.220 e. The Morgan fingerprint density at radius 1 is 1.33 bits per heavy atom. The minimum Gasteiger partial charge on any atom is -0.356 e. The zero-order valence-electron chi connectivity index (χ0n) is 12.1. The zero-order valence-corrected chi connectivity index (χ0v) is 12.1. The highest BCUT2D eigenvalue weighted by atomic mass is 16.1. The number of nitrogens with two attached hydrogens (primary N) is 1. The van der Waals surface area contributed by atoms with Crippen molar-refractivity contribution >= 4 is 5.91 Å². The average Bonchev–Trinajstić information content (AvgIpc) is 3.13. The molecule has 3 heteroatoms. The molecule has 0 saturated heterocycles. The fourth-order valence-electron chi connectivity index (χ4n) is 2.72. The summed E-state index contributed by atoms with van der Waals surface area (Å²) in [5.74, 6) is 0.846. The first-order chi connectivity index (χ1) is 8.65. The molecule has 1 aliphatic rings. The van der Waals surface area contributed by atoms with Crippen molar-refractivity contribution < 1.29 is 4.79 Å². The quantitative estimate of drug-likeness (QED) is 0.630. The monoisotopic (exact) mass is 254 g/mol. The topological polar surface area (TPSA) is 55.1 Å². The lowest BCUT2D eigenvalue weighted by atomic mass is 9.96. The molecular weight excluding hydrogens is 224 g/mol. The predicted molar refractivity (Wildman–Crippen MR) is 76.3 cm³/mol. The first-order valence-corrected chi connectivity index (χ1v) is 7.62. The largest absolute Gasteiger partial charge is 0.356 e. The summed E-state index contributed by atoms with van der Waals surface area (Å²) in [5, 5.41) is 3.12. The molecule has 1 saturated carbocycles. The Kier molecular flexibility index (Phi) is 6.69. The number of hydrogen-bond acceptors (Lipinski definition) is 2. The van der Waals surface area contributed by atoms with Crippen LogP contribution in [0.25, 0.3) is 0 Å². The fourth-order valence-corrected chi connectivity index (χ4v) is 2.72. The molecule has 0 heterocycles. The van der Waals surface area contributed by atoms with E-state index in [1.54, 1.807) is 0 Å². The molecule has 1 aliphatic carbocycles. The third-order valence-electron chi connectivity index (χ3n) is 4.33. The van der Waals surface area contributed by atoms with Gasteiger partial charge in [-0.05, 0) is 50.0 Å². The van der Waals surface area contributed by atoms with Gasteiger partial charge in [-0.2, -0.15) is 0 Å². The fraction of sp³-hybridized carbons (Fsp3) is 0.933. The van der Waals surface area contributed by atoms with Gasteiger partial charge in [-0.15, -0.1) is 0 Å². The molecule has 1 amide bonds. The molecule has 0 aromatic heterocycles. The van der Waals surface area contributed by atoms with Crippen molar-refractivity contribution in [1.29, 1.82) is 0 Å². The molecular formula is C15H30N2O. The van der Waals surface area contributed by atoms with Crippen molar-refractivity contribution in [3.05, 3.63) is 0 Å². The lowest BCUT2D eigenvalue weighted by Crippen LogP contribution is -2.30. The molecule has 18 heavy (non-hydrogen) atoms. The van der Waals surface area contributed by atoms with E-state index in [0.29, 0.717) is 17.8 Å². The van der Waals surface area contributed by atoms with Gasteiger partial charge in [0.15, 0.2) is 0 Å². The van der Waals surface area contributed by atoms with E-state index in [0.717, 1.165) is 32.4 Å². The lowest BCUT2D eigenvalue weighted by Gasteiger charge is -2.16. The zero-order chi connectivity index (χ0) is 13.4. The van der Waals surface area contributed by atoms with Crippen LogP contribution in [0.1, 0.15) is 65.2 Å². The summed E-state index contributed by atoms with van der Waals surface area (Å²) in [5.41, 5.74) is 6.03. The van der Waals surface area contributed by atoms with Crippen molar-refractivity contribution in [1.82, 2.24) is 5.32 Å². The van der Waals surface area contributed by atoms with Gasteiger partial charge in [-0.25, -0.2) is 0 Å². The van der Waals surface area contributed by atoms with Crippen LogP contribution in [0.5, 0.6) is 0 Å². The normalized spacial score (nSPS) is 18.4. The lowest BCUT2D eigenvalue weighted by molar-refractivity contribution is -0.121. The van der Waals surface area contributed by atoms with Gasteiger partial charge in [0, 0.05) is 13.0 Å². The molecule has 0 radical (unpaired) electrons. The van der Waals surface area contributed by atoms with Crippen molar-refractivity contribution in [2.24, 2.45) is 17.1 Å². The van der Waals surface area contributed by atoms with E-state index in [9.17, 15) is 4.79 Å². The number of rotatable bonds is 10. The van der Waals surface area contributed by atoms with Crippen molar-refractivity contribution in [3.63, 3.8) is 0 Å². The van der Waals surface area contributed by atoms with Crippen molar-refractivity contribution in [2.45, 2.75) is 65.2 Å². The molecule has 1 fully saturated rings. The Morgan fingerprint density at radius 2 is 2.06 bits per heavy atom. The SMILES string of the molecule is CCCC1(CNC(=O)CCC(CC)CCN)CC1. The summed E-state index contributed by atoms with van der Waals surface area (Å²) in [6, 6.07) is 0. The maximum absolute atomic E-state index is 11.8. The highest BCUT2D eigenvalue weighted by Crippen LogP contribution is 2.48. The van der Waals surface area contributed by atoms with Crippen molar-refractivity contribution in [3.8, 4) is 0 Å².